The molecule has 184 valence electrons. The highest BCUT2D eigenvalue weighted by Crippen LogP contribution is 2.20. The van der Waals surface area contributed by atoms with Crippen LogP contribution in [0.15, 0.2) is 24.8 Å². The van der Waals surface area contributed by atoms with Crippen LogP contribution in [0.3, 0.4) is 0 Å². The minimum absolute atomic E-state index is 0.0898. The summed E-state index contributed by atoms with van der Waals surface area (Å²) in [7, 11) is 0. The van der Waals surface area contributed by atoms with Crippen molar-refractivity contribution < 1.29 is 9.59 Å². The third kappa shape index (κ3) is 7.15. The molecule has 33 heavy (non-hydrogen) atoms. The van der Waals surface area contributed by atoms with Gasteiger partial charge in [0.05, 0.1) is 13.1 Å². The van der Waals surface area contributed by atoms with Crippen molar-refractivity contribution in [1.82, 2.24) is 33.8 Å². The van der Waals surface area contributed by atoms with Crippen molar-refractivity contribution in [2.24, 2.45) is 0 Å². The zero-order valence-corrected chi connectivity index (χ0v) is 21.4. The van der Waals surface area contributed by atoms with Gasteiger partial charge in [-0.25, -0.2) is 9.97 Å². The molecule has 0 saturated heterocycles. The Kier molecular flexibility index (Phi) is 9.64. The number of likely N-dealkylation sites (N-methyl/N-ethyl adjacent to an activating group) is 2. The molecule has 0 spiro atoms. The second-order valence-corrected chi connectivity index (χ2v) is 9.10. The molecule has 0 saturated carbocycles. The maximum atomic E-state index is 12.6. The topological polar surface area (TPSA) is 79.5 Å². The Labute approximate surface area is 198 Å². The first-order valence-corrected chi connectivity index (χ1v) is 11.9. The molecule has 2 aromatic heterocycles. The fourth-order valence-corrected chi connectivity index (χ4v) is 3.79. The number of carbonyl (C=O) groups is 2. The Hall–Kier alpha value is -2.68. The van der Waals surface area contributed by atoms with E-state index in [4.69, 9.17) is 0 Å². The van der Waals surface area contributed by atoms with Gasteiger partial charge in [0.2, 0.25) is 11.8 Å². The van der Waals surface area contributed by atoms with Gasteiger partial charge in [0.1, 0.15) is 24.7 Å². The predicted molar refractivity (Wildman–Crippen MR) is 129 cm³/mol. The lowest BCUT2D eigenvalue weighted by molar-refractivity contribution is -0.132. The van der Waals surface area contributed by atoms with Crippen LogP contribution < -0.4 is 0 Å². The van der Waals surface area contributed by atoms with Gasteiger partial charge in [-0.1, -0.05) is 0 Å². The number of hydrogen-bond acceptors (Lipinski definition) is 5. The Morgan fingerprint density at radius 3 is 1.42 bits per heavy atom. The number of carbonyl (C=O) groups excluding carboxylic acids is 2. The van der Waals surface area contributed by atoms with Crippen molar-refractivity contribution in [1.29, 1.82) is 0 Å². The lowest BCUT2D eigenvalue weighted by Crippen LogP contribution is -2.42. The number of rotatable bonds is 12. The zero-order chi connectivity index (χ0) is 24.6. The summed E-state index contributed by atoms with van der Waals surface area (Å²) in [6, 6.07) is 0. The molecule has 0 aliphatic rings. The van der Waals surface area contributed by atoms with Crippen molar-refractivity contribution in [2.75, 3.05) is 26.2 Å². The molecular formula is C24H41N7O2. The summed E-state index contributed by atoms with van der Waals surface area (Å²) in [5.41, 5.74) is -0.167. The summed E-state index contributed by atoms with van der Waals surface area (Å²) in [5.74, 6) is 1.85. The highest BCUT2D eigenvalue weighted by molar-refractivity contribution is 5.76. The van der Waals surface area contributed by atoms with Crippen molar-refractivity contribution in [3.63, 3.8) is 0 Å². The molecule has 0 unspecified atom stereocenters. The number of nitrogens with zero attached hydrogens (tertiary/aromatic N) is 7. The molecule has 2 rings (SSSR count). The Morgan fingerprint density at radius 1 is 0.758 bits per heavy atom. The van der Waals surface area contributed by atoms with Gasteiger partial charge in [0.25, 0.3) is 0 Å². The molecule has 2 amide bonds. The van der Waals surface area contributed by atoms with Crippen LogP contribution in [0.5, 0.6) is 0 Å². The Balaban J connectivity index is 2.18. The van der Waals surface area contributed by atoms with Gasteiger partial charge in [0.15, 0.2) is 0 Å². The number of amides is 2. The van der Waals surface area contributed by atoms with E-state index in [0.717, 1.165) is 11.6 Å². The van der Waals surface area contributed by atoms with Gasteiger partial charge in [-0.2, -0.15) is 0 Å². The molecule has 2 heterocycles. The first kappa shape index (κ1) is 26.6. The van der Waals surface area contributed by atoms with Gasteiger partial charge in [-0.05, 0) is 48.5 Å². The molecule has 2 aromatic rings. The van der Waals surface area contributed by atoms with Crippen molar-refractivity contribution in [3.05, 3.63) is 36.4 Å². The lowest BCUT2D eigenvalue weighted by Gasteiger charge is -2.35. The lowest BCUT2D eigenvalue weighted by atomic mass is 10.1. The molecule has 0 aliphatic carbocycles. The predicted octanol–water partition coefficient (Wildman–Crippen LogP) is 2.62. The highest BCUT2D eigenvalue weighted by atomic mass is 16.2. The maximum absolute atomic E-state index is 12.6. The van der Waals surface area contributed by atoms with E-state index in [0.29, 0.717) is 39.3 Å². The zero-order valence-electron chi connectivity index (χ0n) is 21.4. The van der Waals surface area contributed by atoms with Crippen LogP contribution in [-0.2, 0) is 35.8 Å². The van der Waals surface area contributed by atoms with Crippen LogP contribution in [0.1, 0.15) is 60.1 Å². The second-order valence-electron chi connectivity index (χ2n) is 9.10. The molecule has 0 N–H and O–H groups in total. The molecule has 9 nitrogen and oxygen atoms in total. The summed E-state index contributed by atoms with van der Waals surface area (Å²) in [6.45, 7) is 18.9. The third-order valence-corrected chi connectivity index (χ3v) is 6.06. The van der Waals surface area contributed by atoms with Crippen LogP contribution in [-0.4, -0.2) is 77.3 Å². The quantitative estimate of drug-likeness (QED) is 0.487. The summed E-state index contributed by atoms with van der Waals surface area (Å²) < 4.78 is 3.85. The molecule has 0 aliphatic heterocycles. The van der Waals surface area contributed by atoms with Crippen LogP contribution in [0, 0.1) is 0 Å². The van der Waals surface area contributed by atoms with Crippen molar-refractivity contribution in [3.8, 4) is 0 Å². The van der Waals surface area contributed by atoms with Gasteiger partial charge >= 0.3 is 0 Å². The molecule has 9 heteroatoms. The van der Waals surface area contributed by atoms with Crippen molar-refractivity contribution >= 4 is 11.8 Å². The molecule has 0 bridgehead atoms. The van der Waals surface area contributed by atoms with Gasteiger partial charge in [0, 0.05) is 56.5 Å². The van der Waals surface area contributed by atoms with Crippen LogP contribution in [0.25, 0.3) is 0 Å². The maximum Gasteiger partial charge on any atom is 0.242 e. The van der Waals surface area contributed by atoms with Crippen molar-refractivity contribution in [2.45, 2.75) is 80.2 Å². The average molecular weight is 460 g/mol. The summed E-state index contributed by atoms with van der Waals surface area (Å²) >= 11 is 0. The Morgan fingerprint density at radius 2 is 1.12 bits per heavy atom. The summed E-state index contributed by atoms with van der Waals surface area (Å²) in [5, 5.41) is 0. The first-order valence-electron chi connectivity index (χ1n) is 11.9. The van der Waals surface area contributed by atoms with E-state index in [2.05, 4.69) is 35.6 Å². The number of aromatic nitrogens is 4. The summed E-state index contributed by atoms with van der Waals surface area (Å²) in [4.78, 5) is 40.3. The fourth-order valence-electron chi connectivity index (χ4n) is 3.79. The minimum Gasteiger partial charge on any atom is -0.342 e. The van der Waals surface area contributed by atoms with E-state index in [-0.39, 0.29) is 30.4 Å². The number of hydrogen-bond donors (Lipinski definition) is 0. The second kappa shape index (κ2) is 12.0. The van der Waals surface area contributed by atoms with E-state index in [1.807, 2.05) is 59.0 Å². The van der Waals surface area contributed by atoms with Crippen LogP contribution >= 0.6 is 0 Å². The monoisotopic (exact) mass is 459 g/mol. The molecule has 0 atom stereocenters. The van der Waals surface area contributed by atoms with E-state index < -0.39 is 0 Å². The van der Waals surface area contributed by atoms with Gasteiger partial charge in [-0.15, -0.1) is 0 Å². The highest BCUT2D eigenvalue weighted by Gasteiger charge is 2.26. The van der Waals surface area contributed by atoms with E-state index >= 15 is 0 Å². The Bertz CT molecular complexity index is 823. The summed E-state index contributed by atoms with van der Waals surface area (Å²) in [6.07, 6.45) is 7.22. The molecular weight excluding hydrogens is 418 g/mol. The smallest absolute Gasteiger partial charge is 0.242 e. The minimum atomic E-state index is -0.167. The SMILES string of the molecule is CCN(CC)C(=O)Cn1ccnc1CN(Cc1nccn1CC(=O)N(CC)CC)C(C)(C)C. The van der Waals surface area contributed by atoms with E-state index in [9.17, 15) is 9.59 Å². The normalized spacial score (nSPS) is 11.8. The first-order chi connectivity index (χ1) is 15.6. The van der Waals surface area contributed by atoms with Gasteiger partial charge in [-0.3, -0.25) is 14.5 Å². The van der Waals surface area contributed by atoms with Crippen LogP contribution in [0.4, 0.5) is 0 Å². The fraction of sp³-hybridized carbons (Fsp3) is 0.667. The van der Waals surface area contributed by atoms with E-state index in [1.165, 1.54) is 0 Å². The van der Waals surface area contributed by atoms with Gasteiger partial charge < -0.3 is 18.9 Å². The standard InChI is InChI=1S/C24H41N7O2/c1-8-27(9-2)22(32)18-29-14-12-25-20(29)16-31(24(5,6)7)17-21-26-13-15-30(21)19-23(33)28(10-3)11-4/h12-15H,8-11,16-19H2,1-7H3. The average Bonchev–Trinajstić information content (AvgIpc) is 3.38. The van der Waals surface area contributed by atoms with Crippen LogP contribution in [0.2, 0.25) is 0 Å². The number of imidazole rings is 2. The van der Waals surface area contributed by atoms with E-state index in [1.54, 1.807) is 12.4 Å². The largest absolute Gasteiger partial charge is 0.342 e. The molecule has 0 aromatic carbocycles. The molecule has 0 fully saturated rings. The molecule has 0 radical (unpaired) electrons. The third-order valence-electron chi connectivity index (χ3n) is 6.06.